The minimum absolute atomic E-state index is 0.000774. The van der Waals surface area contributed by atoms with Crippen molar-refractivity contribution in [3.63, 3.8) is 0 Å². The fraction of sp³-hybridized carbons (Fsp3) is 0.103. The Morgan fingerprint density at radius 3 is 1.95 bits per heavy atom. The van der Waals surface area contributed by atoms with Crippen molar-refractivity contribution in [1.29, 1.82) is 0 Å². The fourth-order valence-electron chi connectivity index (χ4n) is 3.96. The average Bonchev–Trinajstić information content (AvgIpc) is 2.96. The van der Waals surface area contributed by atoms with Crippen LogP contribution in [-0.2, 0) is 14.8 Å². The zero-order valence-electron chi connectivity index (χ0n) is 22.1. The normalized spacial score (nSPS) is 11.2. The Kier molecular flexibility index (Phi) is 8.31. The van der Waals surface area contributed by atoms with Crippen molar-refractivity contribution in [1.82, 2.24) is 25.1 Å². The molecule has 0 atom stereocenters. The highest BCUT2D eigenvalue weighted by atomic mass is 32.2. The number of hydrogen-bond acceptors (Lipinski definition) is 9. The number of aromatic nitrogens is 5. The molecule has 5 aromatic rings. The van der Waals surface area contributed by atoms with Crippen LogP contribution in [0, 0.1) is 13.8 Å². The van der Waals surface area contributed by atoms with E-state index in [0.717, 1.165) is 22.9 Å². The molecule has 5 rings (SSSR count). The Labute approximate surface area is 241 Å². The van der Waals surface area contributed by atoms with Crippen molar-refractivity contribution >= 4 is 39.3 Å². The lowest BCUT2D eigenvalue weighted by Crippen LogP contribution is -2.17. The van der Waals surface area contributed by atoms with Gasteiger partial charge in [-0.3, -0.25) is 4.79 Å². The summed E-state index contributed by atoms with van der Waals surface area (Å²) in [6.45, 7) is 3.51. The minimum Gasteiger partial charge on any atom is -0.325 e. The van der Waals surface area contributed by atoms with Crippen LogP contribution in [0.4, 0.5) is 11.6 Å². The van der Waals surface area contributed by atoms with E-state index >= 15 is 0 Å². The molecule has 0 spiro atoms. The molecule has 2 N–H and O–H groups in total. The second-order valence-corrected chi connectivity index (χ2v) is 11.6. The van der Waals surface area contributed by atoms with Crippen LogP contribution in [0.15, 0.2) is 101 Å². The predicted molar refractivity (Wildman–Crippen MR) is 159 cm³/mol. The van der Waals surface area contributed by atoms with Crippen molar-refractivity contribution in [2.24, 2.45) is 0 Å². The first-order valence-corrected chi connectivity index (χ1v) is 15.0. The van der Waals surface area contributed by atoms with E-state index in [1.54, 1.807) is 19.9 Å². The number of carbonyl (C=O) groups excluding carboxylic acids is 1. The number of amides is 1. The molecule has 3 aromatic carbocycles. The molecule has 10 nitrogen and oxygen atoms in total. The molecule has 2 aromatic heterocycles. The van der Waals surface area contributed by atoms with Gasteiger partial charge in [0, 0.05) is 28.2 Å². The maximum absolute atomic E-state index is 12.8. The highest BCUT2D eigenvalue weighted by Gasteiger charge is 2.17. The molecule has 0 aliphatic rings. The first kappa shape index (κ1) is 27.9. The van der Waals surface area contributed by atoms with Gasteiger partial charge in [0.1, 0.15) is 11.4 Å². The molecule has 0 fully saturated rings. The quantitative estimate of drug-likeness (QED) is 0.226. The van der Waals surface area contributed by atoms with Crippen molar-refractivity contribution in [2.45, 2.75) is 23.9 Å². The van der Waals surface area contributed by atoms with Gasteiger partial charge in [-0.15, -0.1) is 10.2 Å². The van der Waals surface area contributed by atoms with E-state index in [4.69, 9.17) is 4.98 Å². The van der Waals surface area contributed by atoms with Crippen LogP contribution in [0.3, 0.4) is 0 Å². The van der Waals surface area contributed by atoms with Gasteiger partial charge in [0.05, 0.1) is 10.6 Å². The van der Waals surface area contributed by atoms with Gasteiger partial charge in [-0.25, -0.2) is 28.1 Å². The van der Waals surface area contributed by atoms with E-state index in [1.807, 2.05) is 60.7 Å². The minimum atomic E-state index is -3.90. The van der Waals surface area contributed by atoms with Crippen molar-refractivity contribution in [3.05, 3.63) is 102 Å². The highest BCUT2D eigenvalue weighted by molar-refractivity contribution is 7.99. The number of nitrogens with one attached hydrogen (secondary N) is 2. The maximum atomic E-state index is 12.8. The number of benzene rings is 3. The maximum Gasteiger partial charge on any atom is 0.264 e. The number of anilines is 2. The number of rotatable bonds is 9. The topological polar surface area (TPSA) is 140 Å². The zero-order chi connectivity index (χ0) is 28.8. The van der Waals surface area contributed by atoms with E-state index in [9.17, 15) is 13.2 Å². The van der Waals surface area contributed by atoms with Gasteiger partial charge in [0.25, 0.3) is 10.0 Å². The van der Waals surface area contributed by atoms with Crippen LogP contribution in [-0.4, -0.2) is 45.2 Å². The van der Waals surface area contributed by atoms with Gasteiger partial charge in [-0.2, -0.15) is 0 Å². The Bertz CT molecular complexity index is 1770. The number of hydrogen-bond donors (Lipinski definition) is 2. The molecule has 0 aliphatic heterocycles. The molecule has 0 unspecified atom stereocenters. The van der Waals surface area contributed by atoms with Crippen LogP contribution < -0.4 is 10.0 Å². The van der Waals surface area contributed by atoms with E-state index in [2.05, 4.69) is 30.2 Å². The fourth-order valence-corrected chi connectivity index (χ4v) is 5.49. The average molecular weight is 584 g/mol. The summed E-state index contributed by atoms with van der Waals surface area (Å²) in [6.07, 6.45) is 0. The van der Waals surface area contributed by atoms with Crippen LogP contribution in [0.2, 0.25) is 0 Å². The van der Waals surface area contributed by atoms with Crippen molar-refractivity contribution in [2.75, 3.05) is 15.8 Å². The molecule has 0 aliphatic carbocycles. The number of sulfonamides is 1. The third-order valence-corrected chi connectivity index (χ3v) is 7.93. The van der Waals surface area contributed by atoms with E-state index in [1.165, 1.54) is 24.3 Å². The Morgan fingerprint density at radius 1 is 0.756 bits per heavy atom. The Hall–Kier alpha value is -4.68. The van der Waals surface area contributed by atoms with E-state index in [0.29, 0.717) is 33.6 Å². The molecule has 206 valence electrons. The summed E-state index contributed by atoms with van der Waals surface area (Å²) in [6, 6.07) is 26.9. The molecular formula is C29H25N7O3S2. The number of nitrogens with zero attached hydrogens (tertiary/aromatic N) is 5. The molecule has 0 saturated heterocycles. The standard InChI is InChI=1S/C29H25N7O3S2/c1-19-17-20(2)31-28(30-19)36-41(38,39)24-15-13-23(14-16-24)32-25(37)18-40-29-33-26(21-9-5-3-6-10-21)27(34-35-29)22-11-7-4-8-12-22/h3-17H,18H2,1-2H3,(H,32,37)(H,30,31,36). The highest BCUT2D eigenvalue weighted by Crippen LogP contribution is 2.29. The second kappa shape index (κ2) is 12.2. The number of carbonyl (C=O) groups is 1. The first-order chi connectivity index (χ1) is 19.8. The molecule has 12 heteroatoms. The molecule has 41 heavy (non-hydrogen) atoms. The van der Waals surface area contributed by atoms with Gasteiger partial charge in [-0.1, -0.05) is 72.4 Å². The molecule has 0 bridgehead atoms. The number of aryl methyl sites for hydroxylation is 2. The molecule has 0 saturated carbocycles. The second-order valence-electron chi connectivity index (χ2n) is 8.96. The zero-order valence-corrected chi connectivity index (χ0v) is 23.8. The third kappa shape index (κ3) is 7.10. The van der Waals surface area contributed by atoms with Gasteiger partial charge in [0.2, 0.25) is 17.0 Å². The van der Waals surface area contributed by atoms with E-state index < -0.39 is 10.0 Å². The lowest BCUT2D eigenvalue weighted by atomic mass is 10.0. The SMILES string of the molecule is Cc1cc(C)nc(NS(=O)(=O)c2ccc(NC(=O)CSc3nnc(-c4ccccc4)c(-c4ccccc4)n3)cc2)n1. The summed E-state index contributed by atoms with van der Waals surface area (Å²) in [4.78, 5) is 25.6. The molecule has 1 amide bonds. The van der Waals surface area contributed by atoms with Gasteiger partial charge in [0.15, 0.2) is 0 Å². The summed E-state index contributed by atoms with van der Waals surface area (Å²) in [5, 5.41) is 11.8. The van der Waals surface area contributed by atoms with Gasteiger partial charge < -0.3 is 5.32 Å². The summed E-state index contributed by atoms with van der Waals surface area (Å²) in [5.41, 5.74) is 4.85. The third-order valence-electron chi connectivity index (χ3n) is 5.75. The smallest absolute Gasteiger partial charge is 0.264 e. The molecule has 0 radical (unpaired) electrons. The largest absolute Gasteiger partial charge is 0.325 e. The Morgan fingerprint density at radius 2 is 1.34 bits per heavy atom. The summed E-state index contributed by atoms with van der Waals surface area (Å²) < 4.78 is 27.9. The molecule has 2 heterocycles. The van der Waals surface area contributed by atoms with Crippen LogP contribution in [0.1, 0.15) is 11.4 Å². The van der Waals surface area contributed by atoms with Crippen molar-refractivity contribution < 1.29 is 13.2 Å². The van der Waals surface area contributed by atoms with Crippen molar-refractivity contribution in [3.8, 4) is 22.5 Å². The van der Waals surface area contributed by atoms with Crippen LogP contribution >= 0.6 is 11.8 Å². The van der Waals surface area contributed by atoms with Crippen LogP contribution in [0.5, 0.6) is 0 Å². The lowest BCUT2D eigenvalue weighted by molar-refractivity contribution is -0.113. The summed E-state index contributed by atoms with van der Waals surface area (Å²) >= 11 is 1.15. The number of thioether (sulfide) groups is 1. The van der Waals surface area contributed by atoms with E-state index in [-0.39, 0.29) is 22.5 Å². The van der Waals surface area contributed by atoms with Gasteiger partial charge >= 0.3 is 0 Å². The van der Waals surface area contributed by atoms with Gasteiger partial charge in [-0.05, 0) is 44.2 Å². The first-order valence-electron chi connectivity index (χ1n) is 12.5. The summed E-state index contributed by atoms with van der Waals surface area (Å²) in [5.74, 6) is -0.267. The monoisotopic (exact) mass is 583 g/mol. The predicted octanol–water partition coefficient (Wildman–Crippen LogP) is 5.14. The summed E-state index contributed by atoms with van der Waals surface area (Å²) in [7, 11) is -3.90. The lowest BCUT2D eigenvalue weighted by Gasteiger charge is -2.10. The molecular weight excluding hydrogens is 558 g/mol. The Balaban J connectivity index is 1.24. The van der Waals surface area contributed by atoms with Crippen LogP contribution in [0.25, 0.3) is 22.5 Å².